The second kappa shape index (κ2) is 8.15. The molecular formula is C17H28FN3O2. The van der Waals surface area contributed by atoms with E-state index in [0.29, 0.717) is 13.1 Å². The number of nitrogens with zero attached hydrogens (tertiary/aromatic N) is 1. The van der Waals surface area contributed by atoms with Crippen LogP contribution < -0.4 is 16.0 Å². The lowest BCUT2D eigenvalue weighted by molar-refractivity contribution is 0.0502. The van der Waals surface area contributed by atoms with Crippen molar-refractivity contribution >= 4 is 11.8 Å². The highest BCUT2D eigenvalue weighted by Gasteiger charge is 2.26. The molecule has 3 N–H and O–H groups in total. The van der Waals surface area contributed by atoms with Gasteiger partial charge in [-0.2, -0.15) is 0 Å². The number of nitrogens with two attached hydrogens (primary N) is 1. The Kier molecular flexibility index (Phi) is 6.81. The Labute approximate surface area is 138 Å². The maximum Gasteiger partial charge on any atom is 0.407 e. The molecule has 2 atom stereocenters. The second-order valence-corrected chi connectivity index (χ2v) is 6.50. The van der Waals surface area contributed by atoms with Crippen molar-refractivity contribution in [3.05, 3.63) is 30.1 Å². The molecule has 0 aliphatic heterocycles. The van der Waals surface area contributed by atoms with E-state index in [-0.39, 0.29) is 17.9 Å². The second-order valence-electron chi connectivity index (χ2n) is 6.50. The Morgan fingerprint density at radius 2 is 2.09 bits per heavy atom. The summed E-state index contributed by atoms with van der Waals surface area (Å²) in [7, 11) is 0. The van der Waals surface area contributed by atoms with Crippen LogP contribution in [0.1, 0.15) is 34.6 Å². The molecule has 1 rings (SSSR count). The highest BCUT2D eigenvalue weighted by molar-refractivity contribution is 5.68. The van der Waals surface area contributed by atoms with Crippen LogP contribution in [-0.4, -0.2) is 36.9 Å². The molecule has 23 heavy (non-hydrogen) atoms. The zero-order valence-electron chi connectivity index (χ0n) is 14.6. The maximum absolute atomic E-state index is 13.5. The van der Waals surface area contributed by atoms with Gasteiger partial charge in [0.2, 0.25) is 0 Å². The monoisotopic (exact) mass is 325 g/mol. The summed E-state index contributed by atoms with van der Waals surface area (Å²) in [5.74, 6) is -0.301. The van der Waals surface area contributed by atoms with Crippen molar-refractivity contribution in [2.45, 2.75) is 52.3 Å². The molecule has 0 heterocycles. The molecule has 0 saturated carbocycles. The number of benzene rings is 1. The highest BCUT2D eigenvalue weighted by Crippen LogP contribution is 2.19. The quantitative estimate of drug-likeness (QED) is 0.844. The number of ether oxygens (including phenoxy) is 1. The molecule has 1 aromatic carbocycles. The average Bonchev–Trinajstić information content (AvgIpc) is 2.42. The van der Waals surface area contributed by atoms with Crippen LogP contribution in [0.5, 0.6) is 0 Å². The van der Waals surface area contributed by atoms with E-state index in [1.807, 2.05) is 45.6 Å². The van der Waals surface area contributed by atoms with Crippen molar-refractivity contribution in [3.63, 3.8) is 0 Å². The lowest BCUT2D eigenvalue weighted by Crippen LogP contribution is -2.54. The minimum atomic E-state index is -0.560. The van der Waals surface area contributed by atoms with Crippen molar-refractivity contribution in [1.82, 2.24) is 5.32 Å². The molecule has 130 valence electrons. The molecule has 6 heteroatoms. The first-order valence-corrected chi connectivity index (χ1v) is 7.89. The summed E-state index contributed by atoms with van der Waals surface area (Å²) in [6, 6.07) is 5.93. The van der Waals surface area contributed by atoms with Crippen LogP contribution in [0.2, 0.25) is 0 Å². The number of carbonyl (C=O) groups excluding carboxylic acids is 1. The molecule has 1 aromatic rings. The van der Waals surface area contributed by atoms with Crippen LogP contribution in [0.25, 0.3) is 0 Å². The van der Waals surface area contributed by atoms with E-state index in [0.717, 1.165) is 5.69 Å². The molecule has 2 unspecified atom stereocenters. The van der Waals surface area contributed by atoms with Crippen LogP contribution in [-0.2, 0) is 4.74 Å². The number of hydrogen-bond acceptors (Lipinski definition) is 4. The van der Waals surface area contributed by atoms with Gasteiger partial charge in [0.15, 0.2) is 0 Å². The summed E-state index contributed by atoms with van der Waals surface area (Å²) in [6.45, 7) is 10.2. The number of hydrogen-bond donors (Lipinski definition) is 2. The standard InChI is InChI=1S/C17H28FN3O2/c1-6-21(14-9-7-8-13(18)10-14)15(11-19)12(2)20-16(22)23-17(3,4)5/h7-10,12,15H,6,11,19H2,1-5H3,(H,20,22). The van der Waals surface area contributed by atoms with E-state index < -0.39 is 11.7 Å². The predicted octanol–water partition coefficient (Wildman–Crippen LogP) is 2.89. The summed E-state index contributed by atoms with van der Waals surface area (Å²) in [4.78, 5) is 13.9. The first kappa shape index (κ1) is 19.2. The molecule has 5 nitrogen and oxygen atoms in total. The molecule has 0 radical (unpaired) electrons. The van der Waals surface area contributed by atoms with E-state index in [1.54, 1.807) is 6.07 Å². The van der Waals surface area contributed by atoms with Gasteiger partial charge in [-0.05, 0) is 52.8 Å². The summed E-state index contributed by atoms with van der Waals surface area (Å²) in [5, 5.41) is 2.81. The zero-order chi connectivity index (χ0) is 17.6. The third-order valence-electron chi connectivity index (χ3n) is 3.44. The number of likely N-dealkylation sites (N-methyl/N-ethyl adjacent to an activating group) is 1. The molecule has 0 aliphatic rings. The van der Waals surface area contributed by atoms with Crippen LogP contribution >= 0.6 is 0 Å². The van der Waals surface area contributed by atoms with E-state index in [2.05, 4.69) is 5.32 Å². The topological polar surface area (TPSA) is 67.6 Å². The van der Waals surface area contributed by atoms with Crippen molar-refractivity contribution in [2.75, 3.05) is 18.0 Å². The zero-order valence-corrected chi connectivity index (χ0v) is 14.6. The van der Waals surface area contributed by atoms with Gasteiger partial charge in [0.05, 0.1) is 12.1 Å². The number of nitrogens with one attached hydrogen (secondary N) is 1. The Morgan fingerprint density at radius 3 is 2.57 bits per heavy atom. The molecule has 0 aliphatic carbocycles. The largest absolute Gasteiger partial charge is 0.444 e. The van der Waals surface area contributed by atoms with Gasteiger partial charge in [0.25, 0.3) is 0 Å². The SMILES string of the molecule is CCN(c1cccc(F)c1)C(CN)C(C)NC(=O)OC(C)(C)C. The summed E-state index contributed by atoms with van der Waals surface area (Å²) < 4.78 is 18.8. The summed E-state index contributed by atoms with van der Waals surface area (Å²) in [6.07, 6.45) is -0.487. The van der Waals surface area contributed by atoms with Gasteiger partial charge in [-0.3, -0.25) is 0 Å². The van der Waals surface area contributed by atoms with E-state index in [1.165, 1.54) is 12.1 Å². The fourth-order valence-electron chi connectivity index (χ4n) is 2.45. The first-order chi connectivity index (χ1) is 10.7. The van der Waals surface area contributed by atoms with Gasteiger partial charge in [-0.1, -0.05) is 6.07 Å². The molecule has 0 bridgehead atoms. The van der Waals surface area contributed by atoms with Crippen molar-refractivity contribution in [1.29, 1.82) is 0 Å². The number of rotatable bonds is 6. The smallest absolute Gasteiger partial charge is 0.407 e. The minimum Gasteiger partial charge on any atom is -0.444 e. The van der Waals surface area contributed by atoms with Gasteiger partial charge in [0.1, 0.15) is 11.4 Å². The number of alkyl carbamates (subject to hydrolysis) is 1. The van der Waals surface area contributed by atoms with Gasteiger partial charge in [0, 0.05) is 18.8 Å². The molecule has 0 fully saturated rings. The van der Waals surface area contributed by atoms with E-state index in [4.69, 9.17) is 10.5 Å². The summed E-state index contributed by atoms with van der Waals surface area (Å²) >= 11 is 0. The van der Waals surface area contributed by atoms with Crippen LogP contribution in [0.3, 0.4) is 0 Å². The third kappa shape index (κ3) is 6.06. The van der Waals surface area contributed by atoms with Gasteiger partial charge >= 0.3 is 6.09 Å². The molecule has 0 spiro atoms. The molecule has 0 aromatic heterocycles. The van der Waals surface area contributed by atoms with Crippen LogP contribution in [0.15, 0.2) is 24.3 Å². The third-order valence-corrected chi connectivity index (χ3v) is 3.44. The number of carbonyl (C=O) groups is 1. The minimum absolute atomic E-state index is 0.172. The normalized spacial score (nSPS) is 14.0. The van der Waals surface area contributed by atoms with Crippen LogP contribution in [0.4, 0.5) is 14.9 Å². The molecule has 0 saturated heterocycles. The fraction of sp³-hybridized carbons (Fsp3) is 0.588. The lowest BCUT2D eigenvalue weighted by Gasteiger charge is -2.36. The average molecular weight is 325 g/mol. The van der Waals surface area contributed by atoms with E-state index >= 15 is 0 Å². The van der Waals surface area contributed by atoms with Crippen LogP contribution in [0, 0.1) is 5.82 Å². The Balaban J connectivity index is 2.85. The predicted molar refractivity (Wildman–Crippen MR) is 91.1 cm³/mol. The first-order valence-electron chi connectivity index (χ1n) is 7.89. The molecular weight excluding hydrogens is 297 g/mol. The Morgan fingerprint density at radius 1 is 1.43 bits per heavy atom. The van der Waals surface area contributed by atoms with Gasteiger partial charge in [-0.25, -0.2) is 9.18 Å². The van der Waals surface area contributed by atoms with Crippen molar-refractivity contribution in [2.24, 2.45) is 5.73 Å². The number of amides is 1. The Bertz CT molecular complexity index is 517. The van der Waals surface area contributed by atoms with E-state index in [9.17, 15) is 9.18 Å². The van der Waals surface area contributed by atoms with Crippen molar-refractivity contribution < 1.29 is 13.9 Å². The fourth-order valence-corrected chi connectivity index (χ4v) is 2.45. The number of halogens is 1. The van der Waals surface area contributed by atoms with Gasteiger partial charge < -0.3 is 20.7 Å². The maximum atomic E-state index is 13.5. The molecule has 1 amide bonds. The lowest BCUT2D eigenvalue weighted by atomic mass is 10.1. The highest BCUT2D eigenvalue weighted by atomic mass is 19.1. The number of anilines is 1. The van der Waals surface area contributed by atoms with Crippen molar-refractivity contribution in [3.8, 4) is 0 Å². The van der Waals surface area contributed by atoms with Gasteiger partial charge in [-0.15, -0.1) is 0 Å². The Hall–Kier alpha value is -1.82. The summed E-state index contributed by atoms with van der Waals surface area (Å²) in [5.41, 5.74) is 6.08.